The summed E-state index contributed by atoms with van der Waals surface area (Å²) in [5, 5.41) is 3.96. The normalized spacial score (nSPS) is 19.2. The van der Waals surface area contributed by atoms with Crippen LogP contribution in [0.15, 0.2) is 22.9 Å². The minimum atomic E-state index is 0.220. The second kappa shape index (κ2) is 4.73. The first-order valence-electron chi connectivity index (χ1n) is 5.97. The van der Waals surface area contributed by atoms with Crippen LogP contribution in [-0.4, -0.2) is 27.8 Å². The molecule has 6 heteroatoms. The summed E-state index contributed by atoms with van der Waals surface area (Å²) in [4.78, 5) is 8.27. The SMILES string of the molecule is Nc1cc(-c2nc(CC3CCCO3)no2)ccn1. The van der Waals surface area contributed by atoms with Gasteiger partial charge >= 0.3 is 0 Å². The van der Waals surface area contributed by atoms with E-state index in [2.05, 4.69) is 15.1 Å². The Balaban J connectivity index is 1.76. The van der Waals surface area contributed by atoms with Crippen LogP contribution in [0.2, 0.25) is 0 Å². The van der Waals surface area contributed by atoms with Crippen molar-refractivity contribution in [1.29, 1.82) is 0 Å². The van der Waals surface area contributed by atoms with Crippen LogP contribution in [0.25, 0.3) is 11.5 Å². The molecule has 3 rings (SSSR count). The molecule has 2 aromatic rings. The predicted molar refractivity (Wildman–Crippen MR) is 64.6 cm³/mol. The zero-order valence-electron chi connectivity index (χ0n) is 9.87. The fraction of sp³-hybridized carbons (Fsp3) is 0.417. The summed E-state index contributed by atoms with van der Waals surface area (Å²) in [6.45, 7) is 0.830. The largest absolute Gasteiger partial charge is 0.384 e. The van der Waals surface area contributed by atoms with Gasteiger partial charge in [-0.15, -0.1) is 0 Å². The van der Waals surface area contributed by atoms with Crippen LogP contribution in [0.4, 0.5) is 5.82 Å². The van der Waals surface area contributed by atoms with Gasteiger partial charge in [0, 0.05) is 24.8 Å². The lowest BCUT2D eigenvalue weighted by Crippen LogP contribution is -2.09. The number of rotatable bonds is 3. The molecule has 2 N–H and O–H groups in total. The smallest absolute Gasteiger partial charge is 0.258 e. The Hall–Kier alpha value is -1.95. The number of nitrogen functional groups attached to an aromatic ring is 1. The van der Waals surface area contributed by atoms with E-state index in [1.807, 2.05) is 0 Å². The quantitative estimate of drug-likeness (QED) is 0.881. The van der Waals surface area contributed by atoms with Gasteiger partial charge in [0.1, 0.15) is 5.82 Å². The van der Waals surface area contributed by atoms with E-state index in [-0.39, 0.29) is 6.10 Å². The average molecular weight is 246 g/mol. The van der Waals surface area contributed by atoms with Crippen molar-refractivity contribution in [3.05, 3.63) is 24.2 Å². The lowest BCUT2D eigenvalue weighted by molar-refractivity contribution is 0.109. The molecule has 0 bridgehead atoms. The van der Waals surface area contributed by atoms with Crippen molar-refractivity contribution >= 4 is 5.82 Å². The van der Waals surface area contributed by atoms with Gasteiger partial charge < -0.3 is 15.0 Å². The first-order valence-corrected chi connectivity index (χ1v) is 5.97. The molecule has 6 nitrogen and oxygen atoms in total. The maximum atomic E-state index is 5.61. The van der Waals surface area contributed by atoms with Crippen molar-refractivity contribution in [2.45, 2.75) is 25.4 Å². The zero-order chi connectivity index (χ0) is 12.4. The summed E-state index contributed by atoms with van der Waals surface area (Å²) < 4.78 is 10.8. The Morgan fingerprint density at radius 3 is 3.17 bits per heavy atom. The summed E-state index contributed by atoms with van der Waals surface area (Å²) in [7, 11) is 0. The lowest BCUT2D eigenvalue weighted by Gasteiger charge is -2.03. The van der Waals surface area contributed by atoms with E-state index in [0.717, 1.165) is 25.0 Å². The molecule has 0 saturated carbocycles. The number of aromatic nitrogens is 3. The molecule has 3 heterocycles. The van der Waals surface area contributed by atoms with Crippen molar-refractivity contribution in [3.63, 3.8) is 0 Å². The van der Waals surface area contributed by atoms with Crippen molar-refractivity contribution < 1.29 is 9.26 Å². The number of anilines is 1. The molecule has 0 radical (unpaired) electrons. The highest BCUT2D eigenvalue weighted by atomic mass is 16.5. The van der Waals surface area contributed by atoms with Crippen molar-refractivity contribution in [2.24, 2.45) is 0 Å². The number of pyridine rings is 1. The summed E-state index contributed by atoms with van der Waals surface area (Å²) in [5.41, 5.74) is 6.40. The van der Waals surface area contributed by atoms with Gasteiger partial charge in [-0.05, 0) is 25.0 Å². The van der Waals surface area contributed by atoms with Crippen molar-refractivity contribution in [2.75, 3.05) is 12.3 Å². The second-order valence-electron chi connectivity index (χ2n) is 4.32. The third kappa shape index (κ3) is 2.33. The number of ether oxygens (including phenoxy) is 1. The fourth-order valence-electron chi connectivity index (χ4n) is 2.04. The topological polar surface area (TPSA) is 87.1 Å². The molecular formula is C12H14N4O2. The van der Waals surface area contributed by atoms with Gasteiger partial charge in [0.2, 0.25) is 0 Å². The highest BCUT2D eigenvalue weighted by molar-refractivity contribution is 5.56. The number of nitrogens with two attached hydrogens (primary N) is 1. The summed E-state index contributed by atoms with van der Waals surface area (Å²) >= 11 is 0. The number of hydrogen-bond donors (Lipinski definition) is 1. The van der Waals surface area contributed by atoms with E-state index in [4.69, 9.17) is 15.0 Å². The van der Waals surface area contributed by atoms with Gasteiger partial charge in [-0.25, -0.2) is 4.98 Å². The fourth-order valence-corrected chi connectivity index (χ4v) is 2.04. The second-order valence-corrected chi connectivity index (χ2v) is 4.32. The third-order valence-electron chi connectivity index (χ3n) is 2.93. The summed E-state index contributed by atoms with van der Waals surface area (Å²) in [6, 6.07) is 3.50. The van der Waals surface area contributed by atoms with Crippen LogP contribution < -0.4 is 5.73 Å². The van der Waals surface area contributed by atoms with Gasteiger partial charge in [-0.2, -0.15) is 4.98 Å². The van der Waals surface area contributed by atoms with Gasteiger partial charge in [-0.3, -0.25) is 0 Å². The van der Waals surface area contributed by atoms with Gasteiger partial charge in [0.25, 0.3) is 5.89 Å². The third-order valence-corrected chi connectivity index (χ3v) is 2.93. The molecule has 1 aliphatic heterocycles. The van der Waals surface area contributed by atoms with Crippen LogP contribution in [0, 0.1) is 0 Å². The number of hydrogen-bond acceptors (Lipinski definition) is 6. The first-order chi connectivity index (χ1) is 8.81. The van der Waals surface area contributed by atoms with E-state index in [0.29, 0.717) is 24.0 Å². The predicted octanol–water partition coefficient (Wildman–Crippen LogP) is 1.44. The molecule has 1 atom stereocenters. The van der Waals surface area contributed by atoms with Crippen LogP contribution >= 0.6 is 0 Å². The van der Waals surface area contributed by atoms with Crippen LogP contribution in [0.1, 0.15) is 18.7 Å². The minimum absolute atomic E-state index is 0.220. The van der Waals surface area contributed by atoms with Crippen LogP contribution in [0.3, 0.4) is 0 Å². The van der Waals surface area contributed by atoms with E-state index < -0.39 is 0 Å². The van der Waals surface area contributed by atoms with Crippen LogP contribution in [-0.2, 0) is 11.2 Å². The van der Waals surface area contributed by atoms with Crippen molar-refractivity contribution in [3.8, 4) is 11.5 Å². The Bertz CT molecular complexity index is 534. The Kier molecular flexibility index (Phi) is 2.93. The monoisotopic (exact) mass is 246 g/mol. The highest BCUT2D eigenvalue weighted by Gasteiger charge is 2.19. The summed E-state index contributed by atoms with van der Waals surface area (Å²) in [5.74, 6) is 1.58. The first kappa shape index (κ1) is 11.2. The Labute approximate surface area is 104 Å². The van der Waals surface area contributed by atoms with E-state index in [1.165, 1.54) is 0 Å². The standard InChI is InChI=1S/C12H14N4O2/c13-10-6-8(3-4-14-10)12-15-11(16-18-12)7-9-2-1-5-17-9/h3-4,6,9H,1-2,5,7H2,(H2,13,14). The molecule has 0 aliphatic carbocycles. The summed E-state index contributed by atoms with van der Waals surface area (Å²) in [6.07, 6.45) is 4.71. The van der Waals surface area contributed by atoms with Crippen molar-refractivity contribution in [1.82, 2.24) is 15.1 Å². The van der Waals surface area contributed by atoms with E-state index in [1.54, 1.807) is 18.3 Å². The molecule has 0 aromatic carbocycles. The zero-order valence-corrected chi connectivity index (χ0v) is 9.87. The molecule has 0 spiro atoms. The lowest BCUT2D eigenvalue weighted by atomic mass is 10.2. The molecule has 1 aliphatic rings. The maximum Gasteiger partial charge on any atom is 0.258 e. The molecule has 1 saturated heterocycles. The molecule has 2 aromatic heterocycles. The Morgan fingerprint density at radius 2 is 2.39 bits per heavy atom. The van der Waals surface area contributed by atoms with Gasteiger partial charge in [0.15, 0.2) is 5.82 Å². The van der Waals surface area contributed by atoms with E-state index in [9.17, 15) is 0 Å². The minimum Gasteiger partial charge on any atom is -0.384 e. The molecule has 0 amide bonds. The molecule has 94 valence electrons. The van der Waals surface area contributed by atoms with Gasteiger partial charge in [-0.1, -0.05) is 5.16 Å². The average Bonchev–Trinajstić information content (AvgIpc) is 3.01. The molecular weight excluding hydrogens is 232 g/mol. The molecule has 1 unspecified atom stereocenters. The molecule has 1 fully saturated rings. The molecule has 18 heavy (non-hydrogen) atoms. The highest BCUT2D eigenvalue weighted by Crippen LogP contribution is 2.20. The van der Waals surface area contributed by atoms with Crippen LogP contribution in [0.5, 0.6) is 0 Å². The maximum absolute atomic E-state index is 5.61. The Morgan fingerprint density at radius 1 is 1.44 bits per heavy atom. The van der Waals surface area contributed by atoms with Gasteiger partial charge in [0.05, 0.1) is 6.10 Å². The number of nitrogens with zero attached hydrogens (tertiary/aromatic N) is 3. The van der Waals surface area contributed by atoms with E-state index >= 15 is 0 Å².